The monoisotopic (exact) mass is 515 g/mol. The Bertz CT molecular complexity index is 551. The number of nitrogens with zero attached hydrogens (tertiary/aromatic N) is 1. The molecular weight excluding hydrogens is 488 g/mol. The zero-order chi connectivity index (χ0) is 18.1. The normalized spacial score (nSPS) is 15.3. The number of ether oxygens (including phenoxy) is 1. The molecule has 3 N–H and O–H groups in total. The van der Waals surface area contributed by atoms with Crippen LogP contribution in [-0.4, -0.2) is 43.9 Å². The van der Waals surface area contributed by atoms with Crippen LogP contribution in [0.2, 0.25) is 10.0 Å². The fraction of sp³-hybridized carbons (Fsp3) is 0.611. The van der Waals surface area contributed by atoms with Crippen molar-refractivity contribution in [3.05, 3.63) is 33.8 Å². The van der Waals surface area contributed by atoms with Crippen molar-refractivity contribution in [2.75, 3.05) is 32.8 Å². The number of guanidine groups is 1. The number of hydrogen-bond donors (Lipinski definition) is 3. The summed E-state index contributed by atoms with van der Waals surface area (Å²) in [6.45, 7) is 5.40. The van der Waals surface area contributed by atoms with Crippen LogP contribution < -0.4 is 10.6 Å². The number of aliphatic imine (C=N–C) groups is 1. The Balaban J connectivity index is 0.00000338. The van der Waals surface area contributed by atoms with Gasteiger partial charge in [0.25, 0.3) is 0 Å². The summed E-state index contributed by atoms with van der Waals surface area (Å²) in [7, 11) is 0. The number of aliphatic hydroxyl groups is 1. The third kappa shape index (κ3) is 9.60. The van der Waals surface area contributed by atoms with Crippen molar-refractivity contribution in [3.63, 3.8) is 0 Å². The van der Waals surface area contributed by atoms with E-state index in [1.807, 2.05) is 6.92 Å². The maximum Gasteiger partial charge on any atom is 0.191 e. The van der Waals surface area contributed by atoms with E-state index in [4.69, 9.17) is 27.9 Å². The average molecular weight is 516 g/mol. The van der Waals surface area contributed by atoms with E-state index in [1.54, 1.807) is 18.2 Å². The molecule has 0 bridgehead atoms. The summed E-state index contributed by atoms with van der Waals surface area (Å²) < 4.78 is 5.61. The van der Waals surface area contributed by atoms with Crippen LogP contribution in [0.25, 0.3) is 0 Å². The molecule has 8 heteroatoms. The molecule has 5 nitrogen and oxygen atoms in total. The topological polar surface area (TPSA) is 65.9 Å². The van der Waals surface area contributed by atoms with Crippen molar-refractivity contribution in [1.82, 2.24) is 10.6 Å². The van der Waals surface area contributed by atoms with Gasteiger partial charge in [-0.15, -0.1) is 24.0 Å². The highest BCUT2D eigenvalue weighted by Gasteiger charge is 2.20. The number of benzene rings is 1. The molecule has 1 fully saturated rings. The van der Waals surface area contributed by atoms with Crippen LogP contribution in [0.1, 0.15) is 37.9 Å². The van der Waals surface area contributed by atoms with E-state index >= 15 is 0 Å². The molecule has 1 aliphatic rings. The van der Waals surface area contributed by atoms with Gasteiger partial charge in [0.1, 0.15) is 0 Å². The van der Waals surface area contributed by atoms with E-state index in [0.717, 1.165) is 38.6 Å². The predicted molar refractivity (Wildman–Crippen MR) is 119 cm³/mol. The molecule has 148 valence electrons. The Hall–Kier alpha value is -0.280. The van der Waals surface area contributed by atoms with Gasteiger partial charge in [-0.05, 0) is 55.9 Å². The van der Waals surface area contributed by atoms with E-state index in [9.17, 15) is 5.11 Å². The van der Waals surface area contributed by atoms with Gasteiger partial charge in [0.2, 0.25) is 0 Å². The van der Waals surface area contributed by atoms with E-state index in [2.05, 4.69) is 15.6 Å². The first-order chi connectivity index (χ1) is 12.1. The van der Waals surface area contributed by atoms with Crippen molar-refractivity contribution in [2.24, 2.45) is 10.9 Å². The third-order valence-corrected chi connectivity index (χ3v) is 4.28. The highest BCUT2D eigenvalue weighted by Crippen LogP contribution is 2.28. The van der Waals surface area contributed by atoms with Gasteiger partial charge >= 0.3 is 0 Å². The van der Waals surface area contributed by atoms with E-state index in [-0.39, 0.29) is 30.5 Å². The molecule has 26 heavy (non-hydrogen) atoms. The van der Waals surface area contributed by atoms with Gasteiger partial charge in [-0.2, -0.15) is 0 Å². The molecule has 1 aliphatic carbocycles. The summed E-state index contributed by atoms with van der Waals surface area (Å²) in [6.07, 6.45) is 2.79. The SMILES string of the molecule is CCNC(=NCC(O)c1cc(Cl)cc(Cl)c1)NCCCOCC1CC1.I. The molecule has 1 saturated carbocycles. The van der Waals surface area contributed by atoms with Gasteiger partial charge < -0.3 is 20.5 Å². The lowest BCUT2D eigenvalue weighted by Gasteiger charge is -2.14. The molecule has 0 spiro atoms. The van der Waals surface area contributed by atoms with Gasteiger partial charge in [0.15, 0.2) is 5.96 Å². The quantitative estimate of drug-likeness (QED) is 0.190. The molecule has 0 aromatic heterocycles. The molecule has 1 unspecified atom stereocenters. The van der Waals surface area contributed by atoms with Gasteiger partial charge in [0.05, 0.1) is 12.6 Å². The number of nitrogens with one attached hydrogen (secondary N) is 2. The molecular formula is C18H28Cl2IN3O2. The number of hydrogen-bond acceptors (Lipinski definition) is 3. The highest BCUT2D eigenvalue weighted by atomic mass is 127. The average Bonchev–Trinajstić information content (AvgIpc) is 3.38. The molecule has 0 saturated heterocycles. The molecule has 0 heterocycles. The minimum Gasteiger partial charge on any atom is -0.386 e. The number of aliphatic hydroxyl groups excluding tert-OH is 1. The van der Waals surface area contributed by atoms with Crippen LogP contribution in [-0.2, 0) is 4.74 Å². The summed E-state index contributed by atoms with van der Waals surface area (Å²) in [6, 6.07) is 5.04. The Morgan fingerprint density at radius 2 is 1.96 bits per heavy atom. The Kier molecular flexibility index (Phi) is 11.9. The standard InChI is InChI=1S/C18H27Cl2N3O2.HI/c1-2-21-18(22-6-3-7-25-12-13-4-5-13)23-11-17(24)14-8-15(19)10-16(20)9-14;/h8-10,13,17,24H,2-7,11-12H2,1H3,(H2,21,22,23);1H. The predicted octanol–water partition coefficient (Wildman–Crippen LogP) is 4.02. The molecule has 0 amide bonds. The Labute approximate surface area is 182 Å². The lowest BCUT2D eigenvalue weighted by atomic mass is 10.1. The second-order valence-electron chi connectivity index (χ2n) is 6.24. The first kappa shape index (κ1) is 23.8. The number of halogens is 3. The lowest BCUT2D eigenvalue weighted by molar-refractivity contribution is 0.123. The maximum atomic E-state index is 10.3. The first-order valence-electron chi connectivity index (χ1n) is 8.82. The van der Waals surface area contributed by atoms with Gasteiger partial charge in [-0.1, -0.05) is 23.2 Å². The summed E-state index contributed by atoms with van der Waals surface area (Å²) in [5.74, 6) is 1.48. The second-order valence-corrected chi connectivity index (χ2v) is 7.11. The second kappa shape index (κ2) is 13.0. The minimum absolute atomic E-state index is 0. The summed E-state index contributed by atoms with van der Waals surface area (Å²) in [4.78, 5) is 4.42. The molecule has 0 radical (unpaired) electrons. The molecule has 1 aromatic rings. The first-order valence-corrected chi connectivity index (χ1v) is 9.58. The zero-order valence-corrected chi connectivity index (χ0v) is 18.9. The van der Waals surface area contributed by atoms with E-state index in [1.165, 1.54) is 12.8 Å². The summed E-state index contributed by atoms with van der Waals surface area (Å²) in [5, 5.41) is 17.7. The molecule has 1 aromatic carbocycles. The van der Waals surface area contributed by atoms with Crippen LogP contribution in [0, 0.1) is 5.92 Å². The smallest absolute Gasteiger partial charge is 0.191 e. The minimum atomic E-state index is -0.756. The molecule has 1 atom stereocenters. The van der Waals surface area contributed by atoms with Gasteiger partial charge in [-0.25, -0.2) is 0 Å². The van der Waals surface area contributed by atoms with Crippen LogP contribution in [0.4, 0.5) is 0 Å². The van der Waals surface area contributed by atoms with Crippen LogP contribution >= 0.6 is 47.2 Å². The van der Waals surface area contributed by atoms with E-state index in [0.29, 0.717) is 21.6 Å². The Morgan fingerprint density at radius 3 is 2.58 bits per heavy atom. The van der Waals surface area contributed by atoms with Crippen LogP contribution in [0.15, 0.2) is 23.2 Å². The fourth-order valence-electron chi connectivity index (χ4n) is 2.31. The highest BCUT2D eigenvalue weighted by molar-refractivity contribution is 14.0. The summed E-state index contributed by atoms with van der Waals surface area (Å²) >= 11 is 11.9. The third-order valence-electron chi connectivity index (χ3n) is 3.84. The lowest BCUT2D eigenvalue weighted by Crippen LogP contribution is -2.38. The molecule has 2 rings (SSSR count). The molecule has 0 aliphatic heterocycles. The van der Waals surface area contributed by atoms with Crippen molar-refractivity contribution in [1.29, 1.82) is 0 Å². The maximum absolute atomic E-state index is 10.3. The largest absolute Gasteiger partial charge is 0.386 e. The summed E-state index contributed by atoms with van der Waals surface area (Å²) in [5.41, 5.74) is 0.658. The van der Waals surface area contributed by atoms with Gasteiger partial charge in [-0.3, -0.25) is 4.99 Å². The van der Waals surface area contributed by atoms with Crippen LogP contribution in [0.5, 0.6) is 0 Å². The fourth-order valence-corrected chi connectivity index (χ4v) is 2.85. The van der Waals surface area contributed by atoms with Gasteiger partial charge in [0, 0.05) is 36.3 Å². The van der Waals surface area contributed by atoms with Crippen molar-refractivity contribution >= 4 is 53.1 Å². The van der Waals surface area contributed by atoms with Crippen molar-refractivity contribution in [3.8, 4) is 0 Å². The van der Waals surface area contributed by atoms with Crippen molar-refractivity contribution in [2.45, 2.75) is 32.3 Å². The Morgan fingerprint density at radius 1 is 1.27 bits per heavy atom. The van der Waals surface area contributed by atoms with E-state index < -0.39 is 6.10 Å². The van der Waals surface area contributed by atoms with Crippen molar-refractivity contribution < 1.29 is 9.84 Å². The zero-order valence-electron chi connectivity index (χ0n) is 15.0. The van der Waals surface area contributed by atoms with Crippen LogP contribution in [0.3, 0.4) is 0 Å². The number of rotatable bonds is 10.